The van der Waals surface area contributed by atoms with E-state index in [0.29, 0.717) is 0 Å². The fourth-order valence-electron chi connectivity index (χ4n) is 1.30. The zero-order valence-electron chi connectivity index (χ0n) is 8.18. The molecular formula is C8H7NO7S. The predicted molar refractivity (Wildman–Crippen MR) is 55.0 cm³/mol. The van der Waals surface area contributed by atoms with Gasteiger partial charge >= 0.3 is 5.97 Å². The van der Waals surface area contributed by atoms with E-state index in [1.165, 1.54) is 12.1 Å². The number of para-hydroxylation sites is 1. The Kier molecular flexibility index (Phi) is 3.44. The Labute approximate surface area is 95.4 Å². The zero-order chi connectivity index (χ0) is 13.2. The summed E-state index contributed by atoms with van der Waals surface area (Å²) in [5.41, 5.74) is -1.27. The molecule has 0 spiro atoms. The molecule has 1 atom stereocenters. The van der Waals surface area contributed by atoms with E-state index >= 15 is 0 Å². The first kappa shape index (κ1) is 13.1. The highest BCUT2D eigenvalue weighted by atomic mass is 32.2. The summed E-state index contributed by atoms with van der Waals surface area (Å²) >= 11 is 0. The van der Waals surface area contributed by atoms with Gasteiger partial charge < -0.3 is 5.11 Å². The first-order chi connectivity index (χ1) is 7.75. The van der Waals surface area contributed by atoms with Gasteiger partial charge in [0.05, 0.1) is 10.5 Å². The minimum absolute atomic E-state index is 0.590. The van der Waals surface area contributed by atoms with Gasteiger partial charge in [-0.3, -0.25) is 19.5 Å². The van der Waals surface area contributed by atoms with Crippen LogP contribution in [0.3, 0.4) is 0 Å². The molecule has 2 N–H and O–H groups in total. The van der Waals surface area contributed by atoms with Crippen LogP contribution >= 0.6 is 0 Å². The van der Waals surface area contributed by atoms with Gasteiger partial charge in [0.15, 0.2) is 0 Å². The number of nitrogens with zero attached hydrogens (tertiary/aromatic N) is 1. The number of carboxylic acid groups (broad SMARTS) is 1. The van der Waals surface area contributed by atoms with E-state index in [2.05, 4.69) is 0 Å². The molecule has 9 heteroatoms. The average Bonchev–Trinajstić information content (AvgIpc) is 2.15. The monoisotopic (exact) mass is 261 g/mol. The summed E-state index contributed by atoms with van der Waals surface area (Å²) in [7, 11) is -4.98. The fraction of sp³-hybridized carbons (Fsp3) is 0.125. The van der Waals surface area contributed by atoms with Crippen molar-refractivity contribution in [3.05, 3.63) is 39.9 Å². The van der Waals surface area contributed by atoms with Crippen molar-refractivity contribution in [3.63, 3.8) is 0 Å². The third-order valence-corrected chi connectivity index (χ3v) is 2.99. The summed E-state index contributed by atoms with van der Waals surface area (Å²) in [6, 6.07) is 4.41. The van der Waals surface area contributed by atoms with Crippen molar-refractivity contribution in [2.75, 3.05) is 0 Å². The third-order valence-electron chi connectivity index (χ3n) is 1.94. The van der Waals surface area contributed by atoms with E-state index in [1.807, 2.05) is 0 Å². The largest absolute Gasteiger partial charge is 0.480 e. The van der Waals surface area contributed by atoms with Crippen molar-refractivity contribution >= 4 is 21.8 Å². The number of rotatable bonds is 4. The lowest BCUT2D eigenvalue weighted by Gasteiger charge is -2.09. The maximum Gasteiger partial charge on any atom is 0.329 e. The van der Waals surface area contributed by atoms with Crippen LogP contribution in [0, 0.1) is 10.1 Å². The molecule has 0 bridgehead atoms. The molecule has 17 heavy (non-hydrogen) atoms. The number of aliphatic carboxylic acids is 1. The van der Waals surface area contributed by atoms with Crippen LogP contribution in [0.5, 0.6) is 0 Å². The quantitative estimate of drug-likeness (QED) is 0.460. The van der Waals surface area contributed by atoms with Crippen LogP contribution in [0.4, 0.5) is 5.69 Å². The van der Waals surface area contributed by atoms with Crippen LogP contribution in [0.1, 0.15) is 10.8 Å². The van der Waals surface area contributed by atoms with Gasteiger partial charge in [-0.25, -0.2) is 0 Å². The molecule has 1 aromatic rings. The van der Waals surface area contributed by atoms with Crippen LogP contribution < -0.4 is 0 Å². The summed E-state index contributed by atoms with van der Waals surface area (Å²) in [6.07, 6.45) is 0. The van der Waals surface area contributed by atoms with Crippen molar-refractivity contribution in [2.45, 2.75) is 5.25 Å². The highest BCUT2D eigenvalue weighted by Gasteiger charge is 2.37. The summed E-state index contributed by atoms with van der Waals surface area (Å²) in [6.45, 7) is 0. The van der Waals surface area contributed by atoms with E-state index in [-0.39, 0.29) is 0 Å². The SMILES string of the molecule is O=C(O)C(c1ccccc1[N+](=O)[O-])S(=O)(=O)O. The van der Waals surface area contributed by atoms with Crippen LogP contribution in [0.2, 0.25) is 0 Å². The van der Waals surface area contributed by atoms with Crippen molar-refractivity contribution in [3.8, 4) is 0 Å². The first-order valence-electron chi connectivity index (χ1n) is 4.17. The van der Waals surface area contributed by atoms with Gasteiger partial charge in [-0.2, -0.15) is 8.42 Å². The molecule has 0 saturated carbocycles. The number of hydrogen-bond donors (Lipinski definition) is 2. The molecule has 0 aliphatic carbocycles. The molecule has 8 nitrogen and oxygen atoms in total. The summed E-state index contributed by atoms with van der Waals surface area (Å²) in [5.74, 6) is -1.89. The lowest BCUT2D eigenvalue weighted by atomic mass is 10.1. The highest BCUT2D eigenvalue weighted by molar-refractivity contribution is 7.86. The average molecular weight is 261 g/mol. The Morgan fingerprint density at radius 2 is 1.88 bits per heavy atom. The molecule has 0 aliphatic rings. The second-order valence-electron chi connectivity index (χ2n) is 3.05. The zero-order valence-corrected chi connectivity index (χ0v) is 8.99. The van der Waals surface area contributed by atoms with Crippen LogP contribution in [0.25, 0.3) is 0 Å². The number of carbonyl (C=O) groups is 1. The maximum atomic E-state index is 10.9. The third kappa shape index (κ3) is 2.77. The normalized spacial score (nSPS) is 13.0. The molecule has 0 fully saturated rings. The van der Waals surface area contributed by atoms with Crippen LogP contribution in [-0.2, 0) is 14.9 Å². The highest BCUT2D eigenvalue weighted by Crippen LogP contribution is 2.29. The van der Waals surface area contributed by atoms with Crippen LogP contribution in [-0.4, -0.2) is 29.0 Å². The summed E-state index contributed by atoms with van der Waals surface area (Å²) in [4.78, 5) is 20.5. The maximum absolute atomic E-state index is 10.9. The Balaban J connectivity index is 3.50. The van der Waals surface area contributed by atoms with Gasteiger partial charge in [0, 0.05) is 6.07 Å². The van der Waals surface area contributed by atoms with E-state index in [1.54, 1.807) is 0 Å². The van der Waals surface area contributed by atoms with Gasteiger partial charge in [-0.1, -0.05) is 18.2 Å². The van der Waals surface area contributed by atoms with E-state index in [4.69, 9.17) is 9.66 Å². The molecule has 1 rings (SSSR count). The molecule has 92 valence electrons. The fourth-order valence-corrected chi connectivity index (χ4v) is 2.07. The molecule has 1 unspecified atom stereocenters. The van der Waals surface area contributed by atoms with E-state index in [9.17, 15) is 23.3 Å². The van der Waals surface area contributed by atoms with Gasteiger partial charge in [-0.05, 0) is 0 Å². The molecule has 1 aromatic carbocycles. The Hall–Kier alpha value is -2.00. The van der Waals surface area contributed by atoms with Crippen molar-refractivity contribution in [1.29, 1.82) is 0 Å². The second kappa shape index (κ2) is 4.47. The van der Waals surface area contributed by atoms with Gasteiger partial charge in [0.1, 0.15) is 0 Å². The minimum Gasteiger partial charge on any atom is -0.480 e. The van der Waals surface area contributed by atoms with E-state index in [0.717, 1.165) is 12.1 Å². The van der Waals surface area contributed by atoms with Crippen molar-refractivity contribution in [1.82, 2.24) is 0 Å². The summed E-state index contributed by atoms with van der Waals surface area (Å²) < 4.78 is 30.6. The lowest BCUT2D eigenvalue weighted by molar-refractivity contribution is -0.385. The Bertz CT molecular complexity index is 565. The first-order valence-corrected chi connectivity index (χ1v) is 5.68. The Morgan fingerprint density at radius 3 is 2.29 bits per heavy atom. The number of benzene rings is 1. The number of nitro groups is 1. The van der Waals surface area contributed by atoms with Crippen molar-refractivity contribution < 1.29 is 27.8 Å². The predicted octanol–water partition coefficient (Wildman–Crippen LogP) is 0.608. The lowest BCUT2D eigenvalue weighted by Crippen LogP contribution is -2.22. The molecule has 0 heterocycles. The van der Waals surface area contributed by atoms with E-state index < -0.39 is 37.5 Å². The molecule has 0 aromatic heterocycles. The second-order valence-corrected chi connectivity index (χ2v) is 4.55. The number of nitro benzene ring substituents is 1. The molecule has 0 radical (unpaired) electrons. The minimum atomic E-state index is -4.98. The Morgan fingerprint density at radius 1 is 1.35 bits per heavy atom. The van der Waals surface area contributed by atoms with Crippen molar-refractivity contribution in [2.24, 2.45) is 0 Å². The molecule has 0 aliphatic heterocycles. The number of hydrogen-bond acceptors (Lipinski definition) is 5. The van der Waals surface area contributed by atoms with Gasteiger partial charge in [0.25, 0.3) is 15.8 Å². The topological polar surface area (TPSA) is 135 Å². The molecule has 0 saturated heterocycles. The smallest absolute Gasteiger partial charge is 0.329 e. The van der Waals surface area contributed by atoms with Gasteiger partial charge in [0.2, 0.25) is 5.25 Å². The standard InChI is InChI=1S/C8H7NO7S/c10-8(11)7(17(14,15)16)5-3-1-2-4-6(5)9(12)13/h1-4,7H,(H,10,11)(H,14,15,16). The van der Waals surface area contributed by atoms with Crippen LogP contribution in [0.15, 0.2) is 24.3 Å². The van der Waals surface area contributed by atoms with Gasteiger partial charge in [-0.15, -0.1) is 0 Å². The summed E-state index contributed by atoms with van der Waals surface area (Å²) in [5, 5.41) is 16.9. The molecule has 0 amide bonds. The molecular weight excluding hydrogens is 254 g/mol. The number of carboxylic acids is 1.